The molecule has 0 aliphatic heterocycles. The van der Waals surface area contributed by atoms with E-state index in [0.717, 1.165) is 16.5 Å². The van der Waals surface area contributed by atoms with Gasteiger partial charge in [-0.05, 0) is 48.4 Å². The number of fused-ring (bicyclic) bond motifs is 2. The van der Waals surface area contributed by atoms with E-state index in [-0.39, 0.29) is 17.1 Å². The minimum absolute atomic E-state index is 0.180. The smallest absolute Gasteiger partial charge is 0.255 e. The minimum Gasteiger partial charge on any atom is -0.326 e. The zero-order valence-corrected chi connectivity index (χ0v) is 14.1. The summed E-state index contributed by atoms with van der Waals surface area (Å²) in [5, 5.41) is 3.85. The summed E-state index contributed by atoms with van der Waals surface area (Å²) in [6, 6.07) is 9.22. The zero-order valence-electron chi connectivity index (χ0n) is 14.1. The highest BCUT2D eigenvalue weighted by molar-refractivity contribution is 6.03. The number of pyridine rings is 1. The summed E-state index contributed by atoms with van der Waals surface area (Å²) < 4.78 is 0. The number of nitrogens with zero attached hydrogens (tertiary/aromatic N) is 1. The monoisotopic (exact) mass is 320 g/mol. The summed E-state index contributed by atoms with van der Waals surface area (Å²) in [5.41, 5.74) is 3.14. The van der Waals surface area contributed by atoms with Crippen LogP contribution in [0.5, 0.6) is 0 Å². The van der Waals surface area contributed by atoms with E-state index in [1.165, 1.54) is 0 Å². The van der Waals surface area contributed by atoms with Gasteiger partial charge in [-0.15, -0.1) is 0 Å². The lowest BCUT2D eigenvalue weighted by Crippen LogP contribution is -2.24. The van der Waals surface area contributed by atoms with Gasteiger partial charge in [0.05, 0.1) is 5.52 Å². The SMILES string of the molecule is CC(NC(=O)c1ccc2ncccc2c1)=C1C(=O)C[C@@H]2[C@H]1C2(C)C. The molecule has 1 amide bonds. The van der Waals surface area contributed by atoms with Gasteiger partial charge in [-0.2, -0.15) is 0 Å². The molecule has 2 atom stereocenters. The van der Waals surface area contributed by atoms with Crippen molar-refractivity contribution in [2.24, 2.45) is 17.3 Å². The molecule has 2 fully saturated rings. The fourth-order valence-electron chi connectivity index (χ4n) is 4.15. The highest BCUT2D eigenvalue weighted by Crippen LogP contribution is 2.68. The molecule has 2 aliphatic rings. The molecule has 0 radical (unpaired) electrons. The number of benzene rings is 1. The van der Waals surface area contributed by atoms with E-state index in [1.807, 2.05) is 31.2 Å². The van der Waals surface area contributed by atoms with Crippen molar-refractivity contribution in [3.05, 3.63) is 53.4 Å². The molecule has 4 nitrogen and oxygen atoms in total. The molecule has 1 heterocycles. The second-order valence-corrected chi connectivity index (χ2v) is 7.44. The molecule has 2 aromatic rings. The lowest BCUT2D eigenvalue weighted by atomic mass is 9.95. The van der Waals surface area contributed by atoms with Gasteiger partial charge >= 0.3 is 0 Å². The van der Waals surface area contributed by atoms with Gasteiger partial charge in [-0.3, -0.25) is 14.6 Å². The van der Waals surface area contributed by atoms with Crippen LogP contribution in [0, 0.1) is 17.3 Å². The number of ketones is 1. The molecule has 4 heteroatoms. The Morgan fingerprint density at radius 1 is 1.29 bits per heavy atom. The van der Waals surface area contributed by atoms with Crippen LogP contribution in [0.3, 0.4) is 0 Å². The predicted octanol–water partition coefficient (Wildman–Crippen LogP) is 3.48. The van der Waals surface area contributed by atoms with Crippen LogP contribution in [-0.2, 0) is 4.79 Å². The van der Waals surface area contributed by atoms with E-state index in [4.69, 9.17) is 0 Å². The quantitative estimate of drug-likeness (QED) is 0.862. The van der Waals surface area contributed by atoms with Crippen molar-refractivity contribution in [3.8, 4) is 0 Å². The first-order valence-electron chi connectivity index (χ1n) is 8.29. The van der Waals surface area contributed by atoms with E-state index < -0.39 is 0 Å². The molecule has 0 bridgehead atoms. The number of carbonyl (C=O) groups excluding carboxylic acids is 2. The molecule has 1 N–H and O–H groups in total. The average Bonchev–Trinajstić information content (AvgIpc) is 2.91. The molecule has 1 aromatic carbocycles. The number of allylic oxidation sites excluding steroid dienone is 2. The Labute approximate surface area is 141 Å². The Hall–Kier alpha value is -2.49. The van der Waals surface area contributed by atoms with Crippen molar-refractivity contribution in [1.82, 2.24) is 10.3 Å². The van der Waals surface area contributed by atoms with Gasteiger partial charge in [0.15, 0.2) is 5.78 Å². The first-order valence-corrected chi connectivity index (χ1v) is 8.29. The highest BCUT2D eigenvalue weighted by Gasteiger charge is 2.65. The fraction of sp³-hybridized carbons (Fsp3) is 0.350. The largest absolute Gasteiger partial charge is 0.326 e. The van der Waals surface area contributed by atoms with Gasteiger partial charge < -0.3 is 5.32 Å². The summed E-state index contributed by atoms with van der Waals surface area (Å²) in [6.45, 7) is 6.23. The second-order valence-electron chi connectivity index (χ2n) is 7.44. The van der Waals surface area contributed by atoms with Gasteiger partial charge in [-0.1, -0.05) is 19.9 Å². The van der Waals surface area contributed by atoms with Crippen molar-refractivity contribution in [1.29, 1.82) is 0 Å². The van der Waals surface area contributed by atoms with Crippen molar-refractivity contribution in [3.63, 3.8) is 0 Å². The summed E-state index contributed by atoms with van der Waals surface area (Å²) in [4.78, 5) is 29.0. The third-order valence-corrected chi connectivity index (χ3v) is 5.64. The number of hydrogen-bond acceptors (Lipinski definition) is 3. The normalized spacial score (nSPS) is 26.2. The number of rotatable bonds is 2. The molecule has 0 saturated heterocycles. The summed E-state index contributed by atoms with van der Waals surface area (Å²) in [5.74, 6) is 0.745. The Morgan fingerprint density at radius 2 is 2.08 bits per heavy atom. The highest BCUT2D eigenvalue weighted by atomic mass is 16.2. The van der Waals surface area contributed by atoms with Crippen molar-refractivity contribution >= 4 is 22.6 Å². The first kappa shape index (κ1) is 15.1. The second kappa shape index (κ2) is 5.00. The maximum absolute atomic E-state index is 12.6. The number of Topliss-reactive ketones (excluding diaryl/α,β-unsaturated/α-hetero) is 1. The Morgan fingerprint density at radius 3 is 2.83 bits per heavy atom. The average molecular weight is 320 g/mol. The standard InChI is InChI=1S/C20H20N2O2/c1-11(17-16(23)10-14-18(17)20(14,2)3)22-19(24)13-6-7-15-12(9-13)5-4-8-21-15/h4-9,14,18H,10H2,1-3H3,(H,22,24)/t14-,18-/m1/s1. The Kier molecular flexibility index (Phi) is 3.14. The number of nitrogens with one attached hydrogen (secondary N) is 1. The van der Waals surface area contributed by atoms with Gasteiger partial charge in [0.1, 0.15) is 0 Å². The molecule has 0 spiro atoms. The molecule has 2 aliphatic carbocycles. The summed E-state index contributed by atoms with van der Waals surface area (Å²) >= 11 is 0. The van der Waals surface area contributed by atoms with Gasteiger partial charge in [-0.25, -0.2) is 0 Å². The van der Waals surface area contributed by atoms with E-state index in [0.29, 0.717) is 29.5 Å². The van der Waals surface area contributed by atoms with Crippen LogP contribution in [0.25, 0.3) is 10.9 Å². The molecular formula is C20H20N2O2. The molecule has 1 aromatic heterocycles. The van der Waals surface area contributed by atoms with E-state index >= 15 is 0 Å². The van der Waals surface area contributed by atoms with E-state index in [9.17, 15) is 9.59 Å². The van der Waals surface area contributed by atoms with Crippen molar-refractivity contribution in [2.75, 3.05) is 0 Å². The molecule has 24 heavy (non-hydrogen) atoms. The Bertz CT molecular complexity index is 911. The summed E-state index contributed by atoms with van der Waals surface area (Å²) in [6.07, 6.45) is 2.35. The molecular weight excluding hydrogens is 300 g/mol. The number of amides is 1. The van der Waals surface area contributed by atoms with Crippen LogP contribution in [0.1, 0.15) is 37.6 Å². The molecule has 4 rings (SSSR count). The van der Waals surface area contributed by atoms with Gasteiger partial charge in [0.25, 0.3) is 5.91 Å². The fourth-order valence-corrected chi connectivity index (χ4v) is 4.15. The maximum atomic E-state index is 12.6. The third kappa shape index (κ3) is 2.17. The number of hydrogen-bond donors (Lipinski definition) is 1. The molecule has 0 unspecified atom stereocenters. The van der Waals surface area contributed by atoms with Crippen LogP contribution in [0.15, 0.2) is 47.8 Å². The van der Waals surface area contributed by atoms with Crippen molar-refractivity contribution < 1.29 is 9.59 Å². The van der Waals surface area contributed by atoms with Crippen molar-refractivity contribution in [2.45, 2.75) is 27.2 Å². The lowest BCUT2D eigenvalue weighted by Gasteiger charge is -2.14. The van der Waals surface area contributed by atoms with E-state index in [2.05, 4.69) is 24.1 Å². The van der Waals surface area contributed by atoms with E-state index in [1.54, 1.807) is 12.3 Å². The number of carbonyl (C=O) groups is 2. The topological polar surface area (TPSA) is 59.1 Å². The van der Waals surface area contributed by atoms with Crippen LogP contribution in [0.2, 0.25) is 0 Å². The first-order chi connectivity index (χ1) is 11.4. The lowest BCUT2D eigenvalue weighted by molar-refractivity contribution is -0.115. The van der Waals surface area contributed by atoms with Gasteiger partial charge in [0, 0.05) is 34.8 Å². The zero-order chi connectivity index (χ0) is 17.1. The molecule has 2 saturated carbocycles. The summed E-state index contributed by atoms with van der Waals surface area (Å²) in [7, 11) is 0. The number of aromatic nitrogens is 1. The van der Waals surface area contributed by atoms with Crippen LogP contribution in [0.4, 0.5) is 0 Å². The van der Waals surface area contributed by atoms with Crippen LogP contribution >= 0.6 is 0 Å². The van der Waals surface area contributed by atoms with Crippen LogP contribution < -0.4 is 5.32 Å². The Balaban J connectivity index is 1.61. The van der Waals surface area contributed by atoms with Gasteiger partial charge in [0.2, 0.25) is 0 Å². The van der Waals surface area contributed by atoms with Crippen LogP contribution in [-0.4, -0.2) is 16.7 Å². The third-order valence-electron chi connectivity index (χ3n) is 5.64. The maximum Gasteiger partial charge on any atom is 0.255 e. The molecule has 122 valence electrons. The minimum atomic E-state index is -0.180. The predicted molar refractivity (Wildman–Crippen MR) is 92.3 cm³/mol.